The van der Waals surface area contributed by atoms with Gasteiger partial charge in [-0.3, -0.25) is 0 Å². The van der Waals surface area contributed by atoms with E-state index in [1.807, 2.05) is 19.1 Å². The molecule has 1 unspecified atom stereocenters. The molecule has 0 aliphatic rings. The maximum atomic E-state index is 11.6. The smallest absolute Gasteiger partial charge is 0.261 e. The first-order chi connectivity index (χ1) is 9.93. The van der Waals surface area contributed by atoms with Crippen molar-refractivity contribution >= 4 is 30.5 Å². The minimum Gasteiger partial charge on any atom is -0.490 e. The van der Waals surface area contributed by atoms with Crippen LogP contribution in [0.4, 0.5) is 0 Å². The summed E-state index contributed by atoms with van der Waals surface area (Å²) in [5.41, 5.74) is 0. The van der Waals surface area contributed by atoms with E-state index in [1.165, 1.54) is 6.07 Å². The molecule has 2 aromatic rings. The Bertz CT molecular complexity index is 728. The lowest BCUT2D eigenvalue weighted by Crippen LogP contribution is -2.14. The van der Waals surface area contributed by atoms with E-state index in [9.17, 15) is 8.42 Å². The molecule has 0 amide bonds. The highest BCUT2D eigenvalue weighted by atomic mass is 35.7. The zero-order chi connectivity index (χ0) is 15.5. The van der Waals surface area contributed by atoms with Crippen LogP contribution in [-0.2, 0) is 13.8 Å². The first kappa shape index (κ1) is 16.1. The highest BCUT2D eigenvalue weighted by Crippen LogP contribution is 2.33. The lowest BCUT2D eigenvalue weighted by atomic mass is 10.1. The second kappa shape index (κ2) is 6.64. The fourth-order valence-corrected chi connectivity index (χ4v) is 3.19. The van der Waals surface area contributed by atoms with Crippen LogP contribution in [-0.4, -0.2) is 28.2 Å². The lowest BCUT2D eigenvalue weighted by molar-refractivity contribution is 0.136. The third kappa shape index (κ3) is 3.87. The van der Waals surface area contributed by atoms with E-state index in [4.69, 9.17) is 20.2 Å². The predicted octanol–water partition coefficient (Wildman–Crippen LogP) is 3.57. The van der Waals surface area contributed by atoms with Gasteiger partial charge >= 0.3 is 0 Å². The van der Waals surface area contributed by atoms with E-state index in [-0.39, 0.29) is 11.0 Å². The molecular weight excluding hydrogens is 312 g/mol. The molecular formula is C15H17ClO4S. The van der Waals surface area contributed by atoms with Gasteiger partial charge in [-0.05, 0) is 19.1 Å². The summed E-state index contributed by atoms with van der Waals surface area (Å²) in [5.74, 6) is 0.637. The normalized spacial score (nSPS) is 13.3. The Morgan fingerprint density at radius 2 is 1.81 bits per heavy atom. The SMILES string of the molecule is COCCC(C)Oc1ccc(S(=O)(=O)Cl)c2ccccc12. The quantitative estimate of drug-likeness (QED) is 0.761. The van der Waals surface area contributed by atoms with Crippen LogP contribution in [0.25, 0.3) is 10.8 Å². The number of benzene rings is 2. The van der Waals surface area contributed by atoms with Crippen molar-refractivity contribution < 1.29 is 17.9 Å². The standard InChI is InChI=1S/C15H17ClO4S/c1-11(9-10-19-2)20-14-7-8-15(21(16,17)18)13-6-4-3-5-12(13)14/h3-8,11H,9-10H2,1-2H3. The van der Waals surface area contributed by atoms with Gasteiger partial charge in [0.2, 0.25) is 0 Å². The first-order valence-corrected chi connectivity index (χ1v) is 8.86. The molecule has 2 aromatic carbocycles. The van der Waals surface area contributed by atoms with Crippen molar-refractivity contribution in [1.82, 2.24) is 0 Å². The molecule has 2 rings (SSSR count). The number of hydrogen-bond acceptors (Lipinski definition) is 4. The average Bonchev–Trinajstić information content (AvgIpc) is 2.44. The second-order valence-electron chi connectivity index (χ2n) is 4.76. The van der Waals surface area contributed by atoms with Crippen molar-refractivity contribution in [2.45, 2.75) is 24.3 Å². The highest BCUT2D eigenvalue weighted by Gasteiger charge is 2.17. The summed E-state index contributed by atoms with van der Waals surface area (Å²) in [5, 5.41) is 1.28. The number of methoxy groups -OCH3 is 1. The number of fused-ring (bicyclic) bond motifs is 1. The molecule has 0 spiro atoms. The molecule has 0 saturated carbocycles. The van der Waals surface area contributed by atoms with E-state index < -0.39 is 9.05 Å². The molecule has 6 heteroatoms. The van der Waals surface area contributed by atoms with E-state index in [0.29, 0.717) is 17.7 Å². The van der Waals surface area contributed by atoms with Crippen molar-refractivity contribution in [3.63, 3.8) is 0 Å². The molecule has 0 heterocycles. The summed E-state index contributed by atoms with van der Waals surface area (Å²) < 4.78 is 34.2. The third-order valence-electron chi connectivity index (χ3n) is 3.16. The van der Waals surface area contributed by atoms with Crippen LogP contribution in [0, 0.1) is 0 Å². The van der Waals surface area contributed by atoms with Crippen molar-refractivity contribution in [2.75, 3.05) is 13.7 Å². The number of halogens is 1. The highest BCUT2D eigenvalue weighted by molar-refractivity contribution is 8.14. The fourth-order valence-electron chi connectivity index (χ4n) is 2.12. The van der Waals surface area contributed by atoms with Gasteiger partial charge in [-0.2, -0.15) is 0 Å². The van der Waals surface area contributed by atoms with E-state index in [1.54, 1.807) is 25.3 Å². The average molecular weight is 329 g/mol. The zero-order valence-electron chi connectivity index (χ0n) is 11.9. The van der Waals surface area contributed by atoms with Gasteiger partial charge in [-0.25, -0.2) is 8.42 Å². The van der Waals surface area contributed by atoms with Gasteiger partial charge in [0.05, 0.1) is 11.0 Å². The Morgan fingerprint density at radius 1 is 1.14 bits per heavy atom. The summed E-state index contributed by atoms with van der Waals surface area (Å²) in [4.78, 5) is 0.0941. The molecule has 0 fully saturated rings. The monoisotopic (exact) mass is 328 g/mol. The molecule has 0 radical (unpaired) electrons. The summed E-state index contributed by atoms with van der Waals surface area (Å²) >= 11 is 0. The van der Waals surface area contributed by atoms with E-state index >= 15 is 0 Å². The Labute approximate surface area is 129 Å². The fraction of sp³-hybridized carbons (Fsp3) is 0.333. The molecule has 114 valence electrons. The molecule has 0 aliphatic heterocycles. The Morgan fingerprint density at radius 3 is 2.43 bits per heavy atom. The minimum atomic E-state index is -3.79. The predicted molar refractivity (Wildman–Crippen MR) is 83.6 cm³/mol. The van der Waals surface area contributed by atoms with Gasteiger partial charge in [-0.1, -0.05) is 24.3 Å². The molecule has 4 nitrogen and oxygen atoms in total. The number of rotatable bonds is 6. The molecule has 0 N–H and O–H groups in total. The topological polar surface area (TPSA) is 52.6 Å². The van der Waals surface area contributed by atoms with Crippen molar-refractivity contribution in [1.29, 1.82) is 0 Å². The van der Waals surface area contributed by atoms with Crippen LogP contribution in [0.3, 0.4) is 0 Å². The van der Waals surface area contributed by atoms with Gasteiger partial charge in [-0.15, -0.1) is 0 Å². The van der Waals surface area contributed by atoms with Crippen LogP contribution < -0.4 is 4.74 Å². The molecule has 21 heavy (non-hydrogen) atoms. The summed E-state index contributed by atoms with van der Waals surface area (Å²) in [6.45, 7) is 2.55. The van der Waals surface area contributed by atoms with Gasteiger partial charge in [0.1, 0.15) is 5.75 Å². The van der Waals surface area contributed by atoms with Gasteiger partial charge in [0.15, 0.2) is 0 Å². The summed E-state index contributed by atoms with van der Waals surface area (Å²) in [6, 6.07) is 10.3. The van der Waals surface area contributed by atoms with Crippen LogP contribution in [0.2, 0.25) is 0 Å². The van der Waals surface area contributed by atoms with Crippen molar-refractivity contribution in [3.05, 3.63) is 36.4 Å². The van der Waals surface area contributed by atoms with Crippen molar-refractivity contribution in [3.8, 4) is 5.75 Å². The largest absolute Gasteiger partial charge is 0.490 e. The third-order valence-corrected chi connectivity index (χ3v) is 4.54. The van der Waals surface area contributed by atoms with Crippen LogP contribution >= 0.6 is 10.7 Å². The maximum absolute atomic E-state index is 11.6. The minimum absolute atomic E-state index is 0.0354. The first-order valence-electron chi connectivity index (χ1n) is 6.55. The van der Waals surface area contributed by atoms with Crippen LogP contribution in [0.1, 0.15) is 13.3 Å². The Balaban J connectivity index is 2.43. The van der Waals surface area contributed by atoms with Crippen LogP contribution in [0.15, 0.2) is 41.3 Å². The maximum Gasteiger partial charge on any atom is 0.261 e. The molecule has 1 atom stereocenters. The van der Waals surface area contributed by atoms with Crippen molar-refractivity contribution in [2.24, 2.45) is 0 Å². The zero-order valence-corrected chi connectivity index (χ0v) is 13.4. The Hall–Kier alpha value is -1.30. The number of ether oxygens (including phenoxy) is 2. The van der Waals surface area contributed by atoms with Gasteiger partial charge in [0.25, 0.3) is 9.05 Å². The number of hydrogen-bond donors (Lipinski definition) is 0. The lowest BCUT2D eigenvalue weighted by Gasteiger charge is -2.16. The molecule has 0 bridgehead atoms. The van der Waals surface area contributed by atoms with Gasteiger partial charge in [0, 0.05) is 41.6 Å². The van der Waals surface area contributed by atoms with Crippen LogP contribution in [0.5, 0.6) is 5.75 Å². The molecule has 0 aromatic heterocycles. The van der Waals surface area contributed by atoms with E-state index in [0.717, 1.165) is 11.8 Å². The Kier molecular flexibility index (Phi) is 5.08. The summed E-state index contributed by atoms with van der Waals surface area (Å²) in [7, 11) is 3.33. The van der Waals surface area contributed by atoms with E-state index in [2.05, 4.69) is 0 Å². The molecule has 0 aliphatic carbocycles. The van der Waals surface area contributed by atoms with Gasteiger partial charge < -0.3 is 9.47 Å². The molecule has 0 saturated heterocycles. The second-order valence-corrected chi connectivity index (χ2v) is 7.29. The summed E-state index contributed by atoms with van der Waals surface area (Å²) in [6.07, 6.45) is 0.715.